The molecule has 0 spiro atoms. The molecule has 0 unspecified atom stereocenters. The van der Waals surface area contributed by atoms with Crippen molar-refractivity contribution in [2.45, 2.75) is 27.4 Å². The van der Waals surface area contributed by atoms with Crippen LogP contribution in [0.2, 0.25) is 0 Å². The van der Waals surface area contributed by atoms with Gasteiger partial charge < -0.3 is 19.1 Å². The quantitative estimate of drug-likeness (QED) is 0.451. The normalized spacial score (nSPS) is 11.3. The van der Waals surface area contributed by atoms with Gasteiger partial charge in [0.1, 0.15) is 17.2 Å². The molecule has 0 saturated heterocycles. The Morgan fingerprint density at radius 1 is 1.17 bits per heavy atom. The van der Waals surface area contributed by atoms with Crippen LogP contribution in [0.5, 0.6) is 5.75 Å². The van der Waals surface area contributed by atoms with Crippen LogP contribution in [0.15, 0.2) is 58.1 Å². The van der Waals surface area contributed by atoms with Crippen LogP contribution in [0.3, 0.4) is 0 Å². The maximum Gasteiger partial charge on any atom is 0.341 e. The summed E-state index contributed by atoms with van der Waals surface area (Å²) in [6.45, 7) is 5.33. The number of ether oxygens (including phenoxy) is 1. The lowest BCUT2D eigenvalue weighted by molar-refractivity contribution is -0.139. The Morgan fingerprint density at radius 2 is 1.93 bits per heavy atom. The van der Waals surface area contributed by atoms with Crippen LogP contribution in [0.1, 0.15) is 29.5 Å². The van der Waals surface area contributed by atoms with Crippen molar-refractivity contribution in [1.29, 1.82) is 0 Å². The van der Waals surface area contributed by atoms with Crippen molar-refractivity contribution < 1.29 is 23.9 Å². The average Bonchev–Trinajstić information content (AvgIpc) is 3.08. The number of rotatable bonds is 8. The second-order valence-electron chi connectivity index (χ2n) is 6.50. The van der Waals surface area contributed by atoms with Gasteiger partial charge in [-0.15, -0.1) is 0 Å². The number of carboxylic acids is 1. The number of aliphatic carboxylic acids is 1. The fourth-order valence-corrected chi connectivity index (χ4v) is 2.68. The first-order chi connectivity index (χ1) is 13.9. The molecule has 1 N–H and O–H groups in total. The predicted molar refractivity (Wildman–Crippen MR) is 108 cm³/mol. The molecular formula is C22H22N2O5. The van der Waals surface area contributed by atoms with Gasteiger partial charge >= 0.3 is 5.97 Å². The van der Waals surface area contributed by atoms with E-state index in [-0.39, 0.29) is 13.2 Å². The molecule has 0 aliphatic heterocycles. The molecule has 0 fully saturated rings. The van der Waals surface area contributed by atoms with E-state index in [1.807, 2.05) is 57.2 Å². The van der Waals surface area contributed by atoms with Crippen molar-refractivity contribution in [1.82, 2.24) is 4.98 Å². The number of aryl methyl sites for hydroxylation is 2. The van der Waals surface area contributed by atoms with Crippen molar-refractivity contribution in [3.8, 4) is 17.2 Å². The standard InChI is InChI=1S/C22H22N2O5/c1-14-11-18(9-10-20(14)27-13-21(25)26)15(2)24-28-12-19-16(3)29-22(23-19)17-7-5-4-6-8-17/h4-11H,12-13H2,1-3H3,(H,25,26). The molecule has 0 saturated carbocycles. The molecule has 150 valence electrons. The smallest absolute Gasteiger partial charge is 0.341 e. The highest BCUT2D eigenvalue weighted by Crippen LogP contribution is 2.22. The second-order valence-corrected chi connectivity index (χ2v) is 6.50. The molecule has 1 aromatic heterocycles. The molecule has 0 aliphatic rings. The van der Waals surface area contributed by atoms with Gasteiger partial charge in [0.05, 0.1) is 5.71 Å². The first kappa shape index (κ1) is 20.1. The van der Waals surface area contributed by atoms with Crippen molar-refractivity contribution >= 4 is 11.7 Å². The van der Waals surface area contributed by atoms with Crippen LogP contribution in [0.25, 0.3) is 11.5 Å². The number of benzene rings is 2. The maximum atomic E-state index is 10.6. The average molecular weight is 394 g/mol. The molecule has 2 aromatic carbocycles. The highest BCUT2D eigenvalue weighted by Gasteiger charge is 2.12. The highest BCUT2D eigenvalue weighted by molar-refractivity contribution is 5.98. The van der Waals surface area contributed by atoms with Crippen LogP contribution >= 0.6 is 0 Å². The number of carbonyl (C=O) groups is 1. The van der Waals surface area contributed by atoms with E-state index in [2.05, 4.69) is 10.1 Å². The van der Waals surface area contributed by atoms with E-state index < -0.39 is 5.97 Å². The van der Waals surface area contributed by atoms with Crippen molar-refractivity contribution in [2.24, 2.45) is 5.16 Å². The number of oxazole rings is 1. The summed E-state index contributed by atoms with van der Waals surface area (Å²) >= 11 is 0. The number of hydrogen-bond acceptors (Lipinski definition) is 6. The van der Waals surface area contributed by atoms with Gasteiger partial charge in [-0.3, -0.25) is 0 Å². The maximum absolute atomic E-state index is 10.6. The highest BCUT2D eigenvalue weighted by atomic mass is 16.6. The second kappa shape index (κ2) is 9.05. The van der Waals surface area contributed by atoms with Gasteiger partial charge in [0.25, 0.3) is 0 Å². The van der Waals surface area contributed by atoms with E-state index in [0.717, 1.165) is 16.7 Å². The molecule has 29 heavy (non-hydrogen) atoms. The van der Waals surface area contributed by atoms with Crippen LogP contribution in [-0.4, -0.2) is 28.4 Å². The molecule has 3 rings (SSSR count). The zero-order valence-electron chi connectivity index (χ0n) is 16.5. The Balaban J connectivity index is 1.64. The molecule has 0 bridgehead atoms. The third kappa shape index (κ3) is 5.22. The van der Waals surface area contributed by atoms with Crippen molar-refractivity contribution in [3.63, 3.8) is 0 Å². The Kier molecular flexibility index (Phi) is 6.29. The summed E-state index contributed by atoms with van der Waals surface area (Å²) in [4.78, 5) is 20.6. The van der Waals surface area contributed by atoms with Gasteiger partial charge in [0, 0.05) is 5.56 Å². The van der Waals surface area contributed by atoms with Gasteiger partial charge in [0.2, 0.25) is 5.89 Å². The van der Waals surface area contributed by atoms with Crippen LogP contribution < -0.4 is 4.74 Å². The Morgan fingerprint density at radius 3 is 2.62 bits per heavy atom. The van der Waals surface area contributed by atoms with Crippen molar-refractivity contribution in [2.75, 3.05) is 6.61 Å². The first-order valence-electron chi connectivity index (χ1n) is 9.08. The Labute approximate surface area is 168 Å². The molecule has 3 aromatic rings. The number of hydrogen-bond donors (Lipinski definition) is 1. The number of aromatic nitrogens is 1. The van der Waals surface area contributed by atoms with Gasteiger partial charge in [-0.1, -0.05) is 23.4 Å². The Hall–Kier alpha value is -3.61. The SMILES string of the molecule is CC(=NOCc1nc(-c2ccccc2)oc1C)c1ccc(OCC(=O)O)c(C)c1. The summed E-state index contributed by atoms with van der Waals surface area (Å²) in [7, 11) is 0. The predicted octanol–water partition coefficient (Wildman–Crippen LogP) is 4.36. The molecule has 7 nitrogen and oxygen atoms in total. The lowest BCUT2D eigenvalue weighted by Gasteiger charge is -2.09. The summed E-state index contributed by atoms with van der Waals surface area (Å²) in [5.74, 6) is 0.747. The molecular weight excluding hydrogens is 372 g/mol. The zero-order chi connectivity index (χ0) is 20.8. The monoisotopic (exact) mass is 394 g/mol. The topological polar surface area (TPSA) is 94.2 Å². The van der Waals surface area contributed by atoms with E-state index in [9.17, 15) is 4.79 Å². The summed E-state index contributed by atoms with van der Waals surface area (Å²) in [6, 6.07) is 15.1. The lowest BCUT2D eigenvalue weighted by Crippen LogP contribution is -2.10. The summed E-state index contributed by atoms with van der Waals surface area (Å²) in [5, 5.41) is 12.9. The van der Waals surface area contributed by atoms with Gasteiger partial charge in [-0.05, 0) is 62.2 Å². The number of carboxylic acid groups (broad SMARTS) is 1. The minimum atomic E-state index is -1.02. The third-order valence-corrected chi connectivity index (χ3v) is 4.26. The third-order valence-electron chi connectivity index (χ3n) is 4.26. The molecule has 0 amide bonds. The van der Waals surface area contributed by atoms with Gasteiger partial charge in [-0.2, -0.15) is 0 Å². The van der Waals surface area contributed by atoms with E-state index in [4.69, 9.17) is 19.1 Å². The van der Waals surface area contributed by atoms with E-state index in [0.29, 0.717) is 28.8 Å². The van der Waals surface area contributed by atoms with E-state index in [1.54, 1.807) is 12.1 Å². The first-order valence-corrected chi connectivity index (χ1v) is 9.08. The molecule has 0 atom stereocenters. The summed E-state index contributed by atoms with van der Waals surface area (Å²) in [5.41, 5.74) is 3.95. The number of oxime groups is 1. The fourth-order valence-electron chi connectivity index (χ4n) is 2.68. The molecule has 0 radical (unpaired) electrons. The van der Waals surface area contributed by atoms with Crippen LogP contribution in [-0.2, 0) is 16.2 Å². The van der Waals surface area contributed by atoms with Crippen LogP contribution in [0, 0.1) is 13.8 Å². The van der Waals surface area contributed by atoms with Gasteiger partial charge in [-0.25, -0.2) is 9.78 Å². The molecule has 0 aliphatic carbocycles. The van der Waals surface area contributed by atoms with Gasteiger partial charge in [0.15, 0.2) is 13.2 Å². The molecule has 7 heteroatoms. The fraction of sp³-hybridized carbons (Fsp3) is 0.227. The van der Waals surface area contributed by atoms with E-state index >= 15 is 0 Å². The minimum absolute atomic E-state index is 0.193. The zero-order valence-corrected chi connectivity index (χ0v) is 16.5. The lowest BCUT2D eigenvalue weighted by atomic mass is 10.1. The Bertz CT molecular complexity index is 1020. The summed E-state index contributed by atoms with van der Waals surface area (Å²) < 4.78 is 11.0. The largest absolute Gasteiger partial charge is 0.482 e. The molecule has 1 heterocycles. The van der Waals surface area contributed by atoms with E-state index in [1.165, 1.54) is 0 Å². The minimum Gasteiger partial charge on any atom is -0.482 e. The van der Waals surface area contributed by atoms with Crippen molar-refractivity contribution in [3.05, 3.63) is 71.1 Å². The van der Waals surface area contributed by atoms with Crippen LogP contribution in [0.4, 0.5) is 0 Å². The number of nitrogens with zero attached hydrogens (tertiary/aromatic N) is 2. The summed E-state index contributed by atoms with van der Waals surface area (Å²) in [6.07, 6.45) is 0.